The molecule has 0 aliphatic heterocycles. The van der Waals surface area contributed by atoms with Crippen molar-refractivity contribution in [3.8, 4) is 0 Å². The lowest BCUT2D eigenvalue weighted by Crippen LogP contribution is -2.35. The summed E-state index contributed by atoms with van der Waals surface area (Å²) in [5.41, 5.74) is 3.88. The fourth-order valence-electron chi connectivity index (χ4n) is 4.57. The number of nitrogens with zero attached hydrogens (tertiary/aromatic N) is 1. The molecule has 0 amide bonds. The molecule has 3 heteroatoms. The number of esters is 1. The fourth-order valence-corrected chi connectivity index (χ4v) is 4.57. The highest BCUT2D eigenvalue weighted by Crippen LogP contribution is 2.20. The molecule has 0 bridgehead atoms. The van der Waals surface area contributed by atoms with E-state index in [0.29, 0.717) is 6.42 Å². The van der Waals surface area contributed by atoms with Crippen molar-refractivity contribution in [3.05, 3.63) is 120 Å². The summed E-state index contributed by atoms with van der Waals surface area (Å²) < 4.78 is 5.85. The average Bonchev–Trinajstić information content (AvgIpc) is 2.94. The SMILES string of the molecule is CCCCCC[C@H](/C=C/[C@H](Cc1ccccc1)N(Cc1ccccc1)Cc1ccccc1)OC(=O)CC. The van der Waals surface area contributed by atoms with Crippen LogP contribution < -0.4 is 0 Å². The van der Waals surface area contributed by atoms with E-state index in [1.165, 1.54) is 36.0 Å². The predicted molar refractivity (Wildman–Crippen MR) is 154 cm³/mol. The maximum atomic E-state index is 12.2. The Labute approximate surface area is 224 Å². The van der Waals surface area contributed by atoms with Gasteiger partial charge >= 0.3 is 5.97 Å². The van der Waals surface area contributed by atoms with Gasteiger partial charge in [-0.3, -0.25) is 9.69 Å². The Kier molecular flexibility index (Phi) is 12.7. The summed E-state index contributed by atoms with van der Waals surface area (Å²) in [7, 11) is 0. The zero-order chi connectivity index (χ0) is 26.1. The van der Waals surface area contributed by atoms with Gasteiger partial charge in [0, 0.05) is 25.6 Å². The van der Waals surface area contributed by atoms with Crippen LogP contribution in [-0.4, -0.2) is 23.0 Å². The van der Waals surface area contributed by atoms with E-state index in [0.717, 1.165) is 32.4 Å². The van der Waals surface area contributed by atoms with E-state index >= 15 is 0 Å². The molecular formula is C34H43NO2. The Bertz CT molecular complexity index is 992. The molecule has 0 heterocycles. The molecule has 0 saturated carbocycles. The van der Waals surface area contributed by atoms with Crippen LogP contribution in [0.15, 0.2) is 103 Å². The van der Waals surface area contributed by atoms with Gasteiger partial charge in [-0.15, -0.1) is 0 Å². The fraction of sp³-hybridized carbons (Fsp3) is 0.382. The van der Waals surface area contributed by atoms with Crippen LogP contribution in [-0.2, 0) is 29.0 Å². The summed E-state index contributed by atoms with van der Waals surface area (Å²) in [6, 6.07) is 32.2. The number of benzene rings is 3. The van der Waals surface area contributed by atoms with Crippen LogP contribution in [0.25, 0.3) is 0 Å². The van der Waals surface area contributed by atoms with Crippen LogP contribution in [0.1, 0.15) is 69.1 Å². The minimum absolute atomic E-state index is 0.129. The first kappa shape index (κ1) is 28.4. The smallest absolute Gasteiger partial charge is 0.306 e. The van der Waals surface area contributed by atoms with Gasteiger partial charge in [0.15, 0.2) is 0 Å². The number of ether oxygens (including phenoxy) is 1. The molecule has 0 unspecified atom stereocenters. The van der Waals surface area contributed by atoms with Crippen LogP contribution in [0.4, 0.5) is 0 Å². The molecule has 0 aliphatic rings. The first-order valence-corrected chi connectivity index (χ1v) is 13.9. The number of carbonyl (C=O) groups is 1. The van der Waals surface area contributed by atoms with E-state index in [4.69, 9.17) is 4.74 Å². The minimum atomic E-state index is -0.183. The third-order valence-electron chi connectivity index (χ3n) is 6.68. The average molecular weight is 498 g/mol. The topological polar surface area (TPSA) is 29.5 Å². The Hall–Kier alpha value is -3.17. The maximum absolute atomic E-state index is 12.2. The second kappa shape index (κ2) is 16.6. The first-order chi connectivity index (χ1) is 18.2. The normalized spacial score (nSPS) is 13.1. The molecule has 0 fully saturated rings. The predicted octanol–water partition coefficient (Wildman–Crippen LogP) is 8.15. The molecule has 0 aliphatic carbocycles. The molecule has 37 heavy (non-hydrogen) atoms. The van der Waals surface area contributed by atoms with Crippen molar-refractivity contribution in [2.75, 3.05) is 0 Å². The quantitative estimate of drug-likeness (QED) is 0.114. The van der Waals surface area contributed by atoms with E-state index in [9.17, 15) is 4.79 Å². The minimum Gasteiger partial charge on any atom is -0.458 e. The summed E-state index contributed by atoms with van der Waals surface area (Å²) in [6.45, 7) is 5.76. The van der Waals surface area contributed by atoms with Crippen LogP contribution in [0.3, 0.4) is 0 Å². The molecule has 0 aromatic heterocycles. The lowest BCUT2D eigenvalue weighted by molar-refractivity contribution is -0.146. The van der Waals surface area contributed by atoms with E-state index in [-0.39, 0.29) is 18.1 Å². The number of carbonyl (C=O) groups excluding carboxylic acids is 1. The molecule has 0 N–H and O–H groups in total. The van der Waals surface area contributed by atoms with Crippen molar-refractivity contribution in [2.45, 2.75) is 84.0 Å². The highest BCUT2D eigenvalue weighted by Gasteiger charge is 2.19. The molecular weight excluding hydrogens is 454 g/mol. The molecule has 2 atom stereocenters. The number of rotatable bonds is 16. The molecule has 3 nitrogen and oxygen atoms in total. The largest absolute Gasteiger partial charge is 0.458 e. The van der Waals surface area contributed by atoms with Gasteiger partial charge in [-0.05, 0) is 42.0 Å². The van der Waals surface area contributed by atoms with Crippen LogP contribution >= 0.6 is 0 Å². The van der Waals surface area contributed by atoms with Gasteiger partial charge in [-0.25, -0.2) is 0 Å². The van der Waals surface area contributed by atoms with Crippen molar-refractivity contribution in [1.29, 1.82) is 0 Å². The Morgan fingerprint density at radius 3 is 1.78 bits per heavy atom. The second-order valence-electron chi connectivity index (χ2n) is 9.75. The molecule has 196 valence electrons. The molecule has 3 aromatic rings. The highest BCUT2D eigenvalue weighted by atomic mass is 16.5. The lowest BCUT2D eigenvalue weighted by atomic mass is 10.0. The molecule has 0 spiro atoms. The van der Waals surface area contributed by atoms with E-state index in [2.05, 4.69) is 115 Å². The number of hydrogen-bond donors (Lipinski definition) is 0. The van der Waals surface area contributed by atoms with Crippen molar-refractivity contribution in [2.24, 2.45) is 0 Å². The summed E-state index contributed by atoms with van der Waals surface area (Å²) in [6.07, 6.45) is 11.1. The van der Waals surface area contributed by atoms with Gasteiger partial charge < -0.3 is 4.74 Å². The summed E-state index contributed by atoms with van der Waals surface area (Å²) >= 11 is 0. The molecule has 0 radical (unpaired) electrons. The summed E-state index contributed by atoms with van der Waals surface area (Å²) in [4.78, 5) is 14.7. The van der Waals surface area contributed by atoms with Gasteiger partial charge in [0.1, 0.15) is 6.10 Å². The van der Waals surface area contributed by atoms with Crippen molar-refractivity contribution in [3.63, 3.8) is 0 Å². The zero-order valence-electron chi connectivity index (χ0n) is 22.6. The van der Waals surface area contributed by atoms with Crippen molar-refractivity contribution < 1.29 is 9.53 Å². The monoisotopic (exact) mass is 497 g/mol. The Morgan fingerprint density at radius 2 is 1.27 bits per heavy atom. The maximum Gasteiger partial charge on any atom is 0.306 e. The first-order valence-electron chi connectivity index (χ1n) is 13.9. The third-order valence-corrected chi connectivity index (χ3v) is 6.68. The van der Waals surface area contributed by atoms with Gasteiger partial charge in [0.05, 0.1) is 0 Å². The summed E-state index contributed by atoms with van der Waals surface area (Å²) in [5.74, 6) is -0.129. The van der Waals surface area contributed by atoms with Crippen LogP contribution in [0.2, 0.25) is 0 Å². The molecule has 3 rings (SSSR count). The van der Waals surface area contributed by atoms with E-state index in [1.807, 2.05) is 6.92 Å². The molecule has 0 saturated heterocycles. The van der Waals surface area contributed by atoms with Gasteiger partial charge in [0.2, 0.25) is 0 Å². The standard InChI is InChI=1S/C34H43NO2/c1-3-5-6-16-23-33(37-34(36)4-2)25-24-32(26-29-17-10-7-11-18-29)35(27-30-19-12-8-13-20-30)28-31-21-14-9-15-22-31/h7-15,17-22,24-25,32-33H,3-6,16,23,26-28H2,1-2H3/b25-24+/t32-,33-/m1/s1. The van der Waals surface area contributed by atoms with E-state index < -0.39 is 0 Å². The second-order valence-corrected chi connectivity index (χ2v) is 9.75. The van der Waals surface area contributed by atoms with E-state index in [1.54, 1.807) is 0 Å². The lowest BCUT2D eigenvalue weighted by Gasteiger charge is -2.31. The number of unbranched alkanes of at least 4 members (excludes halogenated alkanes) is 3. The van der Waals surface area contributed by atoms with Crippen molar-refractivity contribution >= 4 is 5.97 Å². The van der Waals surface area contributed by atoms with Gasteiger partial charge in [-0.1, -0.05) is 130 Å². The van der Waals surface area contributed by atoms with Crippen molar-refractivity contribution in [1.82, 2.24) is 4.90 Å². The zero-order valence-corrected chi connectivity index (χ0v) is 22.6. The Morgan fingerprint density at radius 1 is 0.730 bits per heavy atom. The summed E-state index contributed by atoms with van der Waals surface area (Å²) in [5, 5.41) is 0. The number of hydrogen-bond acceptors (Lipinski definition) is 3. The molecule has 3 aromatic carbocycles. The van der Waals surface area contributed by atoms with Gasteiger partial charge in [0.25, 0.3) is 0 Å². The third kappa shape index (κ3) is 10.8. The Balaban J connectivity index is 1.88. The highest BCUT2D eigenvalue weighted by molar-refractivity contribution is 5.69. The van der Waals surface area contributed by atoms with Crippen LogP contribution in [0, 0.1) is 0 Å². The van der Waals surface area contributed by atoms with Crippen LogP contribution in [0.5, 0.6) is 0 Å². The van der Waals surface area contributed by atoms with Gasteiger partial charge in [-0.2, -0.15) is 0 Å².